The highest BCUT2D eigenvalue weighted by Gasteiger charge is 2.16. The first-order valence-electron chi connectivity index (χ1n) is 7.81. The fourth-order valence-electron chi connectivity index (χ4n) is 2.85. The van der Waals surface area contributed by atoms with Crippen molar-refractivity contribution in [3.63, 3.8) is 0 Å². The first-order chi connectivity index (χ1) is 11.8. The van der Waals surface area contributed by atoms with Crippen LogP contribution in [-0.4, -0.2) is 15.9 Å². The van der Waals surface area contributed by atoms with E-state index in [0.29, 0.717) is 5.69 Å². The van der Waals surface area contributed by atoms with E-state index in [1.165, 1.54) is 0 Å². The first kappa shape index (κ1) is 14.3. The van der Waals surface area contributed by atoms with Crippen LogP contribution in [0.3, 0.4) is 0 Å². The summed E-state index contributed by atoms with van der Waals surface area (Å²) in [6.45, 7) is 0. The summed E-state index contributed by atoms with van der Waals surface area (Å²) in [7, 11) is 0. The molecule has 0 aliphatic rings. The molecule has 3 nitrogen and oxygen atoms in total. The molecule has 0 amide bonds. The molecule has 0 aliphatic heterocycles. The molecule has 0 saturated carbocycles. The van der Waals surface area contributed by atoms with Crippen LogP contribution in [0, 0.1) is 0 Å². The highest BCUT2D eigenvalue weighted by atomic mass is 16.3. The highest BCUT2D eigenvalue weighted by molar-refractivity contribution is 5.99. The molecule has 3 heteroatoms. The zero-order valence-electron chi connectivity index (χ0n) is 13.0. The second-order valence-corrected chi connectivity index (χ2v) is 5.53. The smallest absolute Gasteiger partial charge is 0.223 e. The minimum atomic E-state index is 0.148. The largest absolute Gasteiger partial charge is 0.493 e. The SMILES string of the molecule is Oc1c(N=Cc2ccccc2)c2ccccc2n1-c1ccccc1. The zero-order valence-corrected chi connectivity index (χ0v) is 13.0. The molecule has 0 radical (unpaired) electrons. The van der Waals surface area contributed by atoms with Crippen LogP contribution in [0.25, 0.3) is 16.6 Å². The van der Waals surface area contributed by atoms with Gasteiger partial charge in [0, 0.05) is 17.3 Å². The third kappa shape index (κ3) is 2.46. The van der Waals surface area contributed by atoms with Gasteiger partial charge in [-0.1, -0.05) is 66.7 Å². The van der Waals surface area contributed by atoms with Gasteiger partial charge in [-0.15, -0.1) is 0 Å². The highest BCUT2D eigenvalue weighted by Crippen LogP contribution is 2.40. The fourth-order valence-corrected chi connectivity index (χ4v) is 2.85. The van der Waals surface area contributed by atoms with E-state index < -0.39 is 0 Å². The van der Waals surface area contributed by atoms with E-state index in [9.17, 15) is 5.11 Å². The van der Waals surface area contributed by atoms with Crippen molar-refractivity contribution >= 4 is 22.8 Å². The van der Waals surface area contributed by atoms with Crippen molar-refractivity contribution in [3.05, 3.63) is 90.5 Å². The number of fused-ring (bicyclic) bond motifs is 1. The summed E-state index contributed by atoms with van der Waals surface area (Å²) in [6, 6.07) is 27.6. The summed E-state index contributed by atoms with van der Waals surface area (Å²) in [5.74, 6) is 0.148. The molecule has 4 aromatic rings. The van der Waals surface area contributed by atoms with Gasteiger partial charge >= 0.3 is 0 Å². The number of rotatable bonds is 3. The first-order valence-corrected chi connectivity index (χ1v) is 7.81. The number of para-hydroxylation sites is 2. The third-order valence-corrected chi connectivity index (χ3v) is 3.98. The Labute approximate surface area is 140 Å². The molecule has 0 bridgehead atoms. The lowest BCUT2D eigenvalue weighted by Crippen LogP contribution is -1.91. The molecule has 1 aromatic heterocycles. The van der Waals surface area contributed by atoms with Crippen LogP contribution in [-0.2, 0) is 0 Å². The lowest BCUT2D eigenvalue weighted by molar-refractivity contribution is 0.447. The minimum absolute atomic E-state index is 0.148. The molecule has 1 N–H and O–H groups in total. The van der Waals surface area contributed by atoms with Crippen molar-refractivity contribution in [2.24, 2.45) is 4.99 Å². The predicted octanol–water partition coefficient (Wildman–Crippen LogP) is 5.09. The molecule has 0 atom stereocenters. The zero-order chi connectivity index (χ0) is 16.4. The van der Waals surface area contributed by atoms with Gasteiger partial charge in [0.25, 0.3) is 0 Å². The van der Waals surface area contributed by atoms with Crippen LogP contribution >= 0.6 is 0 Å². The molecular weight excluding hydrogens is 296 g/mol. The van der Waals surface area contributed by atoms with Gasteiger partial charge in [-0.2, -0.15) is 0 Å². The third-order valence-electron chi connectivity index (χ3n) is 3.98. The molecular formula is C21H16N2O. The Kier molecular flexibility index (Phi) is 3.60. The van der Waals surface area contributed by atoms with Crippen LogP contribution in [0.4, 0.5) is 5.69 Å². The lowest BCUT2D eigenvalue weighted by Gasteiger charge is -2.06. The van der Waals surface area contributed by atoms with Gasteiger partial charge in [0.1, 0.15) is 5.69 Å². The van der Waals surface area contributed by atoms with Gasteiger partial charge in [-0.05, 0) is 23.8 Å². The van der Waals surface area contributed by atoms with Crippen molar-refractivity contribution in [2.75, 3.05) is 0 Å². The molecule has 116 valence electrons. The van der Waals surface area contributed by atoms with E-state index in [-0.39, 0.29) is 5.88 Å². The second kappa shape index (κ2) is 6.05. The summed E-state index contributed by atoms with van der Waals surface area (Å²) >= 11 is 0. The second-order valence-electron chi connectivity index (χ2n) is 5.53. The number of nitrogens with zero attached hydrogens (tertiary/aromatic N) is 2. The molecule has 0 aliphatic carbocycles. The van der Waals surface area contributed by atoms with Crippen molar-refractivity contribution in [3.8, 4) is 11.6 Å². The Bertz CT molecular complexity index is 1000. The van der Waals surface area contributed by atoms with E-state index in [4.69, 9.17) is 0 Å². The molecule has 0 fully saturated rings. The lowest BCUT2D eigenvalue weighted by atomic mass is 10.2. The van der Waals surface area contributed by atoms with Crippen molar-refractivity contribution in [1.82, 2.24) is 4.57 Å². The van der Waals surface area contributed by atoms with Crippen molar-refractivity contribution in [1.29, 1.82) is 0 Å². The van der Waals surface area contributed by atoms with Crippen LogP contribution in [0.2, 0.25) is 0 Å². The van der Waals surface area contributed by atoms with E-state index in [0.717, 1.165) is 22.2 Å². The van der Waals surface area contributed by atoms with Crippen LogP contribution < -0.4 is 0 Å². The standard InChI is InChI=1S/C21H16N2O/c24-21-20(22-15-16-9-3-1-4-10-16)18-13-7-8-14-19(18)23(21)17-11-5-2-6-12-17/h1-15,24H. The van der Waals surface area contributed by atoms with Gasteiger partial charge in [0.05, 0.1) is 5.52 Å². The average molecular weight is 312 g/mol. The Morgan fingerprint density at radius 2 is 1.38 bits per heavy atom. The van der Waals surface area contributed by atoms with E-state index in [1.54, 1.807) is 6.21 Å². The topological polar surface area (TPSA) is 37.5 Å². The van der Waals surface area contributed by atoms with Crippen LogP contribution in [0.5, 0.6) is 5.88 Å². The maximum absolute atomic E-state index is 10.8. The van der Waals surface area contributed by atoms with Gasteiger partial charge in [0.15, 0.2) is 0 Å². The Morgan fingerprint density at radius 3 is 2.12 bits per heavy atom. The van der Waals surface area contributed by atoms with Gasteiger partial charge in [0.2, 0.25) is 5.88 Å². The number of aromatic hydroxyl groups is 1. The Hall–Kier alpha value is -3.33. The van der Waals surface area contributed by atoms with E-state index in [2.05, 4.69) is 4.99 Å². The molecule has 4 rings (SSSR count). The number of hydrogen-bond donors (Lipinski definition) is 1. The number of aliphatic imine (C=N–C) groups is 1. The van der Waals surface area contributed by atoms with Gasteiger partial charge in [-0.25, -0.2) is 4.99 Å². The Balaban J connectivity index is 1.91. The average Bonchev–Trinajstić information content (AvgIpc) is 2.93. The summed E-state index contributed by atoms with van der Waals surface area (Å²) in [5, 5.41) is 11.7. The Morgan fingerprint density at radius 1 is 0.750 bits per heavy atom. The molecule has 3 aromatic carbocycles. The van der Waals surface area contributed by atoms with E-state index >= 15 is 0 Å². The molecule has 24 heavy (non-hydrogen) atoms. The summed E-state index contributed by atoms with van der Waals surface area (Å²) in [5.41, 5.74) is 3.42. The summed E-state index contributed by atoms with van der Waals surface area (Å²) in [4.78, 5) is 4.55. The van der Waals surface area contributed by atoms with Gasteiger partial charge < -0.3 is 5.11 Å². The van der Waals surface area contributed by atoms with Gasteiger partial charge in [-0.3, -0.25) is 4.57 Å². The van der Waals surface area contributed by atoms with Crippen molar-refractivity contribution < 1.29 is 5.11 Å². The van der Waals surface area contributed by atoms with Crippen LogP contribution in [0.15, 0.2) is 89.9 Å². The summed E-state index contributed by atoms with van der Waals surface area (Å²) in [6.07, 6.45) is 1.77. The number of aromatic nitrogens is 1. The van der Waals surface area contributed by atoms with E-state index in [1.807, 2.05) is 89.5 Å². The minimum Gasteiger partial charge on any atom is -0.493 e. The molecule has 1 heterocycles. The van der Waals surface area contributed by atoms with Crippen LogP contribution in [0.1, 0.15) is 5.56 Å². The van der Waals surface area contributed by atoms with Crippen molar-refractivity contribution in [2.45, 2.75) is 0 Å². The monoisotopic (exact) mass is 312 g/mol. The molecule has 0 spiro atoms. The fraction of sp³-hybridized carbons (Fsp3) is 0. The maximum atomic E-state index is 10.8. The maximum Gasteiger partial charge on any atom is 0.223 e. The molecule has 0 saturated heterocycles. The quantitative estimate of drug-likeness (QED) is 0.526. The normalized spacial score (nSPS) is 11.3. The summed E-state index contributed by atoms with van der Waals surface area (Å²) < 4.78 is 1.83. The molecule has 0 unspecified atom stereocenters. The number of benzene rings is 3. The number of hydrogen-bond acceptors (Lipinski definition) is 2. The predicted molar refractivity (Wildman–Crippen MR) is 98.6 cm³/mol.